The van der Waals surface area contributed by atoms with Crippen LogP contribution in [-0.2, 0) is 11.3 Å². The molecule has 25 heavy (non-hydrogen) atoms. The molecule has 132 valence electrons. The van der Waals surface area contributed by atoms with Gasteiger partial charge in [-0.3, -0.25) is 4.90 Å². The van der Waals surface area contributed by atoms with Crippen molar-refractivity contribution in [1.82, 2.24) is 10.2 Å². The van der Waals surface area contributed by atoms with Crippen LogP contribution < -0.4 is 5.32 Å². The fraction of sp³-hybridized carbons (Fsp3) is 0.429. The fourth-order valence-electron chi connectivity index (χ4n) is 4.05. The molecule has 0 aliphatic carbocycles. The Balaban J connectivity index is 1.57. The molecule has 0 radical (unpaired) electrons. The summed E-state index contributed by atoms with van der Waals surface area (Å²) < 4.78 is 6.68. The fourth-order valence-corrected chi connectivity index (χ4v) is 4.18. The first-order chi connectivity index (χ1) is 12.2. The lowest BCUT2D eigenvalue weighted by Crippen LogP contribution is -2.56. The summed E-state index contributed by atoms with van der Waals surface area (Å²) in [6, 6.07) is 18.9. The monoisotopic (exact) mass is 356 g/mol. The van der Waals surface area contributed by atoms with Gasteiger partial charge >= 0.3 is 0 Å². The first-order valence-corrected chi connectivity index (χ1v) is 9.51. The van der Waals surface area contributed by atoms with Crippen LogP contribution in [-0.4, -0.2) is 36.7 Å². The van der Waals surface area contributed by atoms with E-state index in [1.54, 1.807) is 0 Å². The van der Waals surface area contributed by atoms with Gasteiger partial charge in [-0.05, 0) is 49.2 Å². The van der Waals surface area contributed by atoms with E-state index in [2.05, 4.69) is 52.7 Å². The minimum Gasteiger partial charge on any atom is -0.364 e. The Bertz CT molecular complexity index is 683. The maximum absolute atomic E-state index is 6.68. The van der Waals surface area contributed by atoms with E-state index in [9.17, 15) is 0 Å². The minimum atomic E-state index is -0.0391. The number of halogens is 1. The maximum Gasteiger partial charge on any atom is 0.0960 e. The Hall–Kier alpha value is -1.39. The summed E-state index contributed by atoms with van der Waals surface area (Å²) in [6.07, 6.45) is 2.25. The molecule has 2 fully saturated rings. The van der Waals surface area contributed by atoms with Crippen LogP contribution in [0.3, 0.4) is 0 Å². The van der Waals surface area contributed by atoms with E-state index in [0.717, 1.165) is 50.6 Å². The van der Waals surface area contributed by atoms with Gasteiger partial charge in [-0.1, -0.05) is 54.1 Å². The zero-order chi connectivity index (χ0) is 17.1. The van der Waals surface area contributed by atoms with Gasteiger partial charge < -0.3 is 10.1 Å². The number of nitrogens with zero attached hydrogens (tertiary/aromatic N) is 1. The van der Waals surface area contributed by atoms with Crippen molar-refractivity contribution in [3.8, 4) is 0 Å². The highest BCUT2D eigenvalue weighted by molar-refractivity contribution is 6.30. The van der Waals surface area contributed by atoms with Crippen LogP contribution in [0.4, 0.5) is 0 Å². The van der Waals surface area contributed by atoms with Crippen LogP contribution >= 0.6 is 11.6 Å². The predicted molar refractivity (Wildman–Crippen MR) is 102 cm³/mol. The number of hydrogen-bond acceptors (Lipinski definition) is 3. The normalized spacial score (nSPS) is 23.6. The van der Waals surface area contributed by atoms with E-state index in [1.165, 1.54) is 11.1 Å². The third kappa shape index (κ3) is 4.06. The molecule has 0 aromatic heterocycles. The van der Waals surface area contributed by atoms with Crippen LogP contribution in [0.1, 0.15) is 30.1 Å². The Kier molecular flexibility index (Phi) is 5.09. The summed E-state index contributed by atoms with van der Waals surface area (Å²) in [7, 11) is 0. The highest BCUT2D eigenvalue weighted by Crippen LogP contribution is 2.37. The number of benzene rings is 2. The van der Waals surface area contributed by atoms with Crippen molar-refractivity contribution in [1.29, 1.82) is 0 Å². The van der Waals surface area contributed by atoms with Crippen molar-refractivity contribution in [3.05, 3.63) is 70.7 Å². The van der Waals surface area contributed by atoms with Crippen molar-refractivity contribution in [3.63, 3.8) is 0 Å². The van der Waals surface area contributed by atoms with Crippen LogP contribution in [0.15, 0.2) is 54.6 Å². The summed E-state index contributed by atoms with van der Waals surface area (Å²) in [5, 5.41) is 4.24. The van der Waals surface area contributed by atoms with Crippen molar-refractivity contribution in [2.45, 2.75) is 31.1 Å². The van der Waals surface area contributed by atoms with E-state index in [4.69, 9.17) is 16.3 Å². The van der Waals surface area contributed by atoms with E-state index < -0.39 is 0 Å². The van der Waals surface area contributed by atoms with Crippen molar-refractivity contribution < 1.29 is 4.74 Å². The molecule has 1 spiro atoms. The van der Waals surface area contributed by atoms with Gasteiger partial charge in [-0.15, -0.1) is 0 Å². The lowest BCUT2D eigenvalue weighted by atomic mass is 9.88. The van der Waals surface area contributed by atoms with Gasteiger partial charge in [0.15, 0.2) is 0 Å². The zero-order valence-electron chi connectivity index (χ0n) is 14.5. The molecule has 0 amide bonds. The number of piperidine rings is 1. The maximum atomic E-state index is 6.68. The summed E-state index contributed by atoms with van der Waals surface area (Å²) >= 11 is 6.07. The first kappa shape index (κ1) is 17.0. The lowest BCUT2D eigenvalue weighted by molar-refractivity contribution is -0.171. The van der Waals surface area contributed by atoms with Crippen LogP contribution in [0.25, 0.3) is 0 Å². The van der Waals surface area contributed by atoms with Gasteiger partial charge in [0.05, 0.1) is 11.7 Å². The van der Waals surface area contributed by atoms with Gasteiger partial charge in [-0.2, -0.15) is 0 Å². The van der Waals surface area contributed by atoms with Gasteiger partial charge in [-0.25, -0.2) is 0 Å². The van der Waals surface area contributed by atoms with Crippen LogP contribution in [0.2, 0.25) is 5.02 Å². The topological polar surface area (TPSA) is 24.5 Å². The molecule has 0 bridgehead atoms. The Morgan fingerprint density at radius 2 is 1.76 bits per heavy atom. The Morgan fingerprint density at radius 3 is 2.48 bits per heavy atom. The number of nitrogens with one attached hydrogen (secondary N) is 1. The predicted octanol–water partition coefficient (Wildman–Crippen LogP) is 4.04. The quantitative estimate of drug-likeness (QED) is 0.898. The number of rotatable bonds is 3. The summed E-state index contributed by atoms with van der Waals surface area (Å²) in [4.78, 5) is 2.56. The molecule has 2 aliphatic rings. The molecule has 2 aromatic rings. The second kappa shape index (κ2) is 7.46. The molecule has 2 saturated heterocycles. The SMILES string of the molecule is Clc1ccc(C2CN(Cc3ccccc3)CC3(CCNCC3)O2)cc1. The van der Waals surface area contributed by atoms with E-state index in [1.807, 2.05) is 12.1 Å². The summed E-state index contributed by atoms with van der Waals surface area (Å²) in [5.41, 5.74) is 2.55. The molecule has 1 N–H and O–H groups in total. The number of ether oxygens (including phenoxy) is 1. The standard InChI is InChI=1S/C21H25ClN2O/c22-19-8-6-18(7-9-19)20-15-24(14-17-4-2-1-3-5-17)16-21(25-20)10-12-23-13-11-21/h1-9,20,23H,10-16H2. The second-order valence-corrected chi connectivity index (χ2v) is 7.68. The van der Waals surface area contributed by atoms with Gasteiger partial charge in [0.1, 0.15) is 0 Å². The number of hydrogen-bond donors (Lipinski definition) is 1. The highest BCUT2D eigenvalue weighted by atomic mass is 35.5. The van der Waals surface area contributed by atoms with E-state index in [0.29, 0.717) is 0 Å². The molecule has 0 saturated carbocycles. The molecule has 4 heteroatoms. The molecular weight excluding hydrogens is 332 g/mol. The van der Waals surface area contributed by atoms with E-state index in [-0.39, 0.29) is 11.7 Å². The molecule has 2 aromatic carbocycles. The van der Waals surface area contributed by atoms with Gasteiger partial charge in [0.25, 0.3) is 0 Å². The van der Waals surface area contributed by atoms with Gasteiger partial charge in [0, 0.05) is 24.7 Å². The number of morpholine rings is 1. The smallest absolute Gasteiger partial charge is 0.0960 e. The minimum absolute atomic E-state index is 0.0391. The highest BCUT2D eigenvalue weighted by Gasteiger charge is 2.41. The molecule has 3 nitrogen and oxygen atoms in total. The van der Waals surface area contributed by atoms with Crippen molar-refractivity contribution >= 4 is 11.6 Å². The Labute approximate surface area is 154 Å². The molecule has 4 rings (SSSR count). The largest absolute Gasteiger partial charge is 0.364 e. The van der Waals surface area contributed by atoms with Crippen molar-refractivity contribution in [2.24, 2.45) is 0 Å². The summed E-state index contributed by atoms with van der Waals surface area (Å²) in [6.45, 7) is 4.97. The zero-order valence-corrected chi connectivity index (χ0v) is 15.2. The average Bonchev–Trinajstić information content (AvgIpc) is 2.63. The van der Waals surface area contributed by atoms with E-state index >= 15 is 0 Å². The summed E-state index contributed by atoms with van der Waals surface area (Å²) in [5.74, 6) is 0. The van der Waals surface area contributed by atoms with Crippen molar-refractivity contribution in [2.75, 3.05) is 26.2 Å². The lowest BCUT2D eigenvalue weighted by Gasteiger charge is -2.48. The second-order valence-electron chi connectivity index (χ2n) is 7.25. The molecule has 2 heterocycles. The van der Waals surface area contributed by atoms with Crippen LogP contribution in [0, 0.1) is 0 Å². The molecular formula is C21H25ClN2O. The first-order valence-electron chi connectivity index (χ1n) is 9.13. The molecule has 1 atom stereocenters. The average molecular weight is 357 g/mol. The molecule has 1 unspecified atom stereocenters. The third-order valence-corrected chi connectivity index (χ3v) is 5.59. The Morgan fingerprint density at radius 1 is 1.04 bits per heavy atom. The van der Waals surface area contributed by atoms with Crippen LogP contribution in [0.5, 0.6) is 0 Å². The van der Waals surface area contributed by atoms with Gasteiger partial charge in [0.2, 0.25) is 0 Å². The molecule has 2 aliphatic heterocycles. The third-order valence-electron chi connectivity index (χ3n) is 5.33.